The van der Waals surface area contributed by atoms with Crippen molar-refractivity contribution in [3.63, 3.8) is 0 Å². The number of nitrogens with two attached hydrogens (primary N) is 1. The van der Waals surface area contributed by atoms with Crippen LogP contribution in [-0.2, 0) is 9.59 Å². The van der Waals surface area contributed by atoms with Gasteiger partial charge in [-0.3, -0.25) is 9.59 Å². The molecule has 1 aromatic carbocycles. The van der Waals surface area contributed by atoms with E-state index in [1.54, 1.807) is 18.2 Å². The lowest BCUT2D eigenvalue weighted by atomic mass is 9.84. The zero-order chi connectivity index (χ0) is 13.6. The number of hydrogen-bond acceptors (Lipinski definition) is 3. The number of nitrogens with zero attached hydrogens (tertiary/aromatic N) is 1. The zero-order valence-electron chi connectivity index (χ0n) is 11.1. The maximum Gasteiger partial charge on any atom is 0.240 e. The topological polar surface area (TPSA) is 63.4 Å². The van der Waals surface area contributed by atoms with Crippen molar-refractivity contribution in [3.8, 4) is 0 Å². The van der Waals surface area contributed by atoms with Crippen molar-refractivity contribution < 1.29 is 9.59 Å². The lowest BCUT2D eigenvalue weighted by Gasteiger charge is -2.22. The van der Waals surface area contributed by atoms with Crippen LogP contribution in [0.25, 0.3) is 0 Å². The summed E-state index contributed by atoms with van der Waals surface area (Å²) >= 11 is 0. The molecule has 0 unspecified atom stereocenters. The molecule has 1 aliphatic heterocycles. The Hall–Kier alpha value is -1.84. The van der Waals surface area contributed by atoms with E-state index < -0.39 is 5.41 Å². The number of carbonyl (C=O) groups excluding carboxylic acids is 2. The number of amides is 2. The molecule has 19 heavy (non-hydrogen) atoms. The maximum atomic E-state index is 12.7. The Balaban J connectivity index is 2.04. The van der Waals surface area contributed by atoms with Crippen LogP contribution < -0.4 is 10.6 Å². The lowest BCUT2D eigenvalue weighted by Crippen LogP contribution is -2.34. The summed E-state index contributed by atoms with van der Waals surface area (Å²) < 4.78 is 0. The molecular formula is C15H18N2O2. The van der Waals surface area contributed by atoms with E-state index in [0.717, 1.165) is 31.2 Å². The van der Waals surface area contributed by atoms with Gasteiger partial charge in [0, 0.05) is 12.1 Å². The Bertz CT molecular complexity index is 559. The van der Waals surface area contributed by atoms with Crippen molar-refractivity contribution >= 4 is 23.2 Å². The van der Waals surface area contributed by atoms with Crippen LogP contribution in [-0.4, -0.2) is 11.8 Å². The second kappa shape index (κ2) is 4.08. The van der Waals surface area contributed by atoms with E-state index >= 15 is 0 Å². The van der Waals surface area contributed by atoms with Crippen molar-refractivity contribution in [2.45, 2.75) is 39.0 Å². The van der Waals surface area contributed by atoms with E-state index in [-0.39, 0.29) is 11.8 Å². The molecule has 2 amide bonds. The Morgan fingerprint density at radius 3 is 2.58 bits per heavy atom. The van der Waals surface area contributed by atoms with Gasteiger partial charge in [-0.15, -0.1) is 0 Å². The van der Waals surface area contributed by atoms with Gasteiger partial charge in [-0.1, -0.05) is 18.9 Å². The van der Waals surface area contributed by atoms with Crippen LogP contribution in [0.5, 0.6) is 0 Å². The highest BCUT2D eigenvalue weighted by Crippen LogP contribution is 2.48. The SMILES string of the molecule is Cc1c(N)cccc1N1C(=O)CC2(CCCC2)C1=O. The fraction of sp³-hybridized carbons (Fsp3) is 0.467. The van der Waals surface area contributed by atoms with Crippen LogP contribution in [0.2, 0.25) is 0 Å². The van der Waals surface area contributed by atoms with E-state index in [1.807, 2.05) is 6.92 Å². The quantitative estimate of drug-likeness (QED) is 0.621. The number of nitrogen functional groups attached to an aromatic ring is 1. The molecule has 2 fully saturated rings. The lowest BCUT2D eigenvalue weighted by molar-refractivity contribution is -0.125. The monoisotopic (exact) mass is 258 g/mol. The summed E-state index contributed by atoms with van der Waals surface area (Å²) in [5, 5.41) is 0. The molecule has 0 radical (unpaired) electrons. The average molecular weight is 258 g/mol. The van der Waals surface area contributed by atoms with E-state index in [9.17, 15) is 9.59 Å². The molecule has 100 valence electrons. The van der Waals surface area contributed by atoms with Gasteiger partial charge in [0.15, 0.2) is 0 Å². The molecule has 1 spiro atoms. The highest BCUT2D eigenvalue weighted by Gasteiger charge is 2.53. The van der Waals surface area contributed by atoms with Crippen molar-refractivity contribution in [2.75, 3.05) is 10.6 Å². The first kappa shape index (κ1) is 12.2. The Morgan fingerprint density at radius 1 is 1.21 bits per heavy atom. The third-order valence-corrected chi connectivity index (χ3v) is 4.54. The molecule has 4 heteroatoms. The average Bonchev–Trinajstić information content (AvgIpc) is 2.92. The molecule has 2 aliphatic rings. The Kier molecular flexibility index (Phi) is 2.62. The Labute approximate surface area is 112 Å². The van der Waals surface area contributed by atoms with E-state index in [2.05, 4.69) is 0 Å². The molecule has 0 atom stereocenters. The second-order valence-corrected chi connectivity index (χ2v) is 5.69. The molecule has 1 saturated heterocycles. The van der Waals surface area contributed by atoms with Gasteiger partial charge >= 0.3 is 0 Å². The van der Waals surface area contributed by atoms with Crippen molar-refractivity contribution in [2.24, 2.45) is 5.41 Å². The standard InChI is InChI=1S/C15H18N2O2/c1-10-11(16)5-4-6-12(10)17-13(18)9-15(14(17)19)7-2-3-8-15/h4-6H,2-3,7-9,16H2,1H3. The summed E-state index contributed by atoms with van der Waals surface area (Å²) in [6.45, 7) is 1.85. The van der Waals surface area contributed by atoms with Crippen LogP contribution in [0, 0.1) is 12.3 Å². The number of hydrogen-bond donors (Lipinski definition) is 1. The summed E-state index contributed by atoms with van der Waals surface area (Å²) in [4.78, 5) is 26.3. The predicted octanol–water partition coefficient (Wildman–Crippen LogP) is 2.40. The smallest absolute Gasteiger partial charge is 0.240 e. The van der Waals surface area contributed by atoms with Crippen LogP contribution in [0.4, 0.5) is 11.4 Å². The first-order valence-corrected chi connectivity index (χ1v) is 6.78. The summed E-state index contributed by atoms with van der Waals surface area (Å²) in [6.07, 6.45) is 4.14. The van der Waals surface area contributed by atoms with E-state index in [1.165, 1.54) is 4.90 Å². The van der Waals surface area contributed by atoms with E-state index in [4.69, 9.17) is 5.73 Å². The van der Waals surface area contributed by atoms with Gasteiger partial charge in [-0.05, 0) is 37.5 Å². The van der Waals surface area contributed by atoms with E-state index in [0.29, 0.717) is 17.8 Å². The summed E-state index contributed by atoms with van der Waals surface area (Å²) in [5.74, 6) is -0.107. The third-order valence-electron chi connectivity index (χ3n) is 4.54. The molecular weight excluding hydrogens is 240 g/mol. The van der Waals surface area contributed by atoms with Crippen molar-refractivity contribution in [1.29, 1.82) is 0 Å². The molecule has 1 aromatic rings. The first-order chi connectivity index (χ1) is 9.05. The molecule has 4 nitrogen and oxygen atoms in total. The number of rotatable bonds is 1. The van der Waals surface area contributed by atoms with Crippen molar-refractivity contribution in [1.82, 2.24) is 0 Å². The fourth-order valence-electron chi connectivity index (χ4n) is 3.36. The maximum absolute atomic E-state index is 12.7. The molecule has 0 aromatic heterocycles. The molecule has 1 saturated carbocycles. The van der Waals surface area contributed by atoms with Crippen molar-refractivity contribution in [3.05, 3.63) is 23.8 Å². The molecule has 0 bridgehead atoms. The van der Waals surface area contributed by atoms with Gasteiger partial charge in [0.25, 0.3) is 0 Å². The number of benzene rings is 1. The minimum absolute atomic E-state index is 0.0244. The molecule has 2 N–H and O–H groups in total. The third kappa shape index (κ3) is 1.66. The fourth-order valence-corrected chi connectivity index (χ4v) is 3.36. The minimum atomic E-state index is -0.422. The van der Waals surface area contributed by atoms with Crippen LogP contribution >= 0.6 is 0 Å². The van der Waals surface area contributed by atoms with Crippen LogP contribution in [0.1, 0.15) is 37.7 Å². The highest BCUT2D eigenvalue weighted by atomic mass is 16.2. The largest absolute Gasteiger partial charge is 0.398 e. The van der Waals surface area contributed by atoms with Gasteiger partial charge in [-0.2, -0.15) is 0 Å². The van der Waals surface area contributed by atoms with Gasteiger partial charge in [0.2, 0.25) is 11.8 Å². The van der Waals surface area contributed by atoms with Gasteiger partial charge < -0.3 is 5.73 Å². The molecule has 1 heterocycles. The minimum Gasteiger partial charge on any atom is -0.398 e. The van der Waals surface area contributed by atoms with Gasteiger partial charge in [0.1, 0.15) is 0 Å². The number of carbonyl (C=O) groups is 2. The zero-order valence-corrected chi connectivity index (χ0v) is 11.1. The van der Waals surface area contributed by atoms with Gasteiger partial charge in [-0.25, -0.2) is 4.90 Å². The second-order valence-electron chi connectivity index (χ2n) is 5.69. The summed E-state index contributed by atoms with van der Waals surface area (Å²) in [7, 11) is 0. The Morgan fingerprint density at radius 2 is 1.89 bits per heavy atom. The van der Waals surface area contributed by atoms with Crippen LogP contribution in [0.15, 0.2) is 18.2 Å². The number of imide groups is 1. The number of anilines is 2. The summed E-state index contributed by atoms with van der Waals surface area (Å²) in [5.41, 5.74) is 7.53. The normalized spacial score (nSPS) is 21.6. The molecule has 1 aliphatic carbocycles. The molecule has 3 rings (SSSR count). The predicted molar refractivity (Wildman–Crippen MR) is 73.6 cm³/mol. The van der Waals surface area contributed by atoms with Gasteiger partial charge in [0.05, 0.1) is 11.1 Å². The summed E-state index contributed by atoms with van der Waals surface area (Å²) in [6, 6.07) is 5.38. The highest BCUT2D eigenvalue weighted by molar-refractivity contribution is 6.23. The van der Waals surface area contributed by atoms with Crippen LogP contribution in [0.3, 0.4) is 0 Å². The first-order valence-electron chi connectivity index (χ1n) is 6.78.